The first-order valence-electron chi connectivity index (χ1n) is 7.77. The van der Waals surface area contributed by atoms with Gasteiger partial charge < -0.3 is 15.4 Å². The van der Waals surface area contributed by atoms with Crippen LogP contribution in [0.1, 0.15) is 24.8 Å². The number of carbonyl (C=O) groups excluding carboxylic acids is 1. The molecule has 2 N–H and O–H groups in total. The van der Waals surface area contributed by atoms with E-state index in [1.54, 1.807) is 4.90 Å². The number of aryl methyl sites for hydroxylation is 1. The van der Waals surface area contributed by atoms with Crippen molar-refractivity contribution < 1.29 is 9.53 Å². The minimum atomic E-state index is 0.110. The van der Waals surface area contributed by atoms with E-state index in [0.717, 1.165) is 30.6 Å². The molecule has 2 unspecified atom stereocenters. The molecule has 1 aliphatic carbocycles. The minimum Gasteiger partial charge on any atom is -0.491 e. The first kappa shape index (κ1) is 15.8. The van der Waals surface area contributed by atoms with Crippen LogP contribution < -0.4 is 10.5 Å². The number of rotatable bonds is 6. The van der Waals surface area contributed by atoms with Gasteiger partial charge in [-0.25, -0.2) is 0 Å². The van der Waals surface area contributed by atoms with Crippen LogP contribution in [0.3, 0.4) is 0 Å². The van der Waals surface area contributed by atoms with Gasteiger partial charge in [-0.2, -0.15) is 0 Å². The van der Waals surface area contributed by atoms with Gasteiger partial charge in [-0.05, 0) is 43.9 Å². The van der Waals surface area contributed by atoms with Gasteiger partial charge in [-0.3, -0.25) is 4.79 Å². The van der Waals surface area contributed by atoms with Gasteiger partial charge in [0.2, 0.25) is 5.91 Å². The molecule has 2 rings (SSSR count). The van der Waals surface area contributed by atoms with Crippen LogP contribution >= 0.6 is 0 Å². The molecule has 4 nitrogen and oxygen atoms in total. The van der Waals surface area contributed by atoms with Crippen LogP contribution in [0, 0.1) is 18.8 Å². The highest BCUT2D eigenvalue weighted by atomic mass is 16.5. The third kappa shape index (κ3) is 3.97. The van der Waals surface area contributed by atoms with Crippen molar-refractivity contribution in [2.24, 2.45) is 17.6 Å². The molecule has 0 radical (unpaired) electrons. The summed E-state index contributed by atoms with van der Waals surface area (Å²) < 4.78 is 5.75. The summed E-state index contributed by atoms with van der Waals surface area (Å²) in [5, 5.41) is 0. The van der Waals surface area contributed by atoms with E-state index in [1.165, 1.54) is 0 Å². The van der Waals surface area contributed by atoms with Gasteiger partial charge in [0, 0.05) is 13.0 Å². The number of ether oxygens (including phenoxy) is 1. The second-order valence-corrected chi connectivity index (χ2v) is 5.91. The van der Waals surface area contributed by atoms with Crippen LogP contribution in [0.15, 0.2) is 24.3 Å². The summed E-state index contributed by atoms with van der Waals surface area (Å²) in [7, 11) is 1.86. The van der Waals surface area contributed by atoms with E-state index >= 15 is 0 Å². The topological polar surface area (TPSA) is 55.6 Å². The van der Waals surface area contributed by atoms with Crippen molar-refractivity contribution in [1.82, 2.24) is 4.90 Å². The fourth-order valence-corrected chi connectivity index (χ4v) is 3.05. The summed E-state index contributed by atoms with van der Waals surface area (Å²) in [6, 6.07) is 7.93. The van der Waals surface area contributed by atoms with E-state index in [-0.39, 0.29) is 11.8 Å². The van der Waals surface area contributed by atoms with E-state index in [2.05, 4.69) is 0 Å². The van der Waals surface area contributed by atoms with Crippen LogP contribution in [0.5, 0.6) is 5.75 Å². The van der Waals surface area contributed by atoms with Crippen molar-refractivity contribution >= 4 is 5.91 Å². The molecule has 0 spiro atoms. The standard InChI is InChI=1S/C17H26N2O2/c1-13-6-3-4-9-16(13)21-11-10-19(2)17(20)15-8-5-7-14(15)12-18/h3-4,6,9,14-15H,5,7-8,10-12,18H2,1-2H3. The predicted octanol–water partition coefficient (Wildman–Crippen LogP) is 2.21. The van der Waals surface area contributed by atoms with Gasteiger partial charge in [0.25, 0.3) is 0 Å². The lowest BCUT2D eigenvalue weighted by molar-refractivity contribution is -0.135. The Labute approximate surface area is 127 Å². The molecule has 1 aromatic carbocycles. The predicted molar refractivity (Wildman–Crippen MR) is 84.2 cm³/mol. The summed E-state index contributed by atoms with van der Waals surface area (Å²) in [5.74, 6) is 1.58. The van der Waals surface area contributed by atoms with Crippen molar-refractivity contribution in [1.29, 1.82) is 0 Å². The molecule has 0 saturated heterocycles. The number of amides is 1. The molecule has 1 amide bonds. The zero-order valence-electron chi connectivity index (χ0n) is 13.0. The van der Waals surface area contributed by atoms with E-state index in [1.807, 2.05) is 38.2 Å². The average Bonchev–Trinajstić information content (AvgIpc) is 2.96. The van der Waals surface area contributed by atoms with Gasteiger partial charge in [-0.1, -0.05) is 24.6 Å². The Hall–Kier alpha value is -1.55. The molecule has 1 saturated carbocycles. The fourth-order valence-electron chi connectivity index (χ4n) is 3.05. The molecule has 21 heavy (non-hydrogen) atoms. The minimum absolute atomic E-state index is 0.110. The molecule has 116 valence electrons. The Morgan fingerprint density at radius 2 is 2.14 bits per heavy atom. The van der Waals surface area contributed by atoms with Crippen LogP contribution in [-0.4, -0.2) is 37.6 Å². The highest BCUT2D eigenvalue weighted by Crippen LogP contribution is 2.32. The number of benzene rings is 1. The average molecular weight is 290 g/mol. The molecule has 0 aromatic heterocycles. The van der Waals surface area contributed by atoms with Crippen molar-refractivity contribution in [2.75, 3.05) is 26.7 Å². The third-order valence-corrected chi connectivity index (χ3v) is 4.43. The van der Waals surface area contributed by atoms with Crippen molar-refractivity contribution in [3.05, 3.63) is 29.8 Å². The Kier molecular flexibility index (Phi) is 5.62. The third-order valence-electron chi connectivity index (χ3n) is 4.43. The van der Waals surface area contributed by atoms with Gasteiger partial charge in [0.05, 0.1) is 6.54 Å². The Balaban J connectivity index is 1.80. The smallest absolute Gasteiger partial charge is 0.225 e. The molecule has 0 heterocycles. The second kappa shape index (κ2) is 7.46. The van der Waals surface area contributed by atoms with Gasteiger partial charge >= 0.3 is 0 Å². The monoisotopic (exact) mass is 290 g/mol. The highest BCUT2D eigenvalue weighted by Gasteiger charge is 2.33. The summed E-state index contributed by atoms with van der Waals surface area (Å²) in [6.45, 7) is 3.77. The first-order valence-corrected chi connectivity index (χ1v) is 7.77. The molecule has 0 aliphatic heterocycles. The summed E-state index contributed by atoms with van der Waals surface area (Å²) in [6.07, 6.45) is 3.18. The number of carbonyl (C=O) groups is 1. The normalized spacial score (nSPS) is 21.3. The zero-order valence-corrected chi connectivity index (χ0v) is 13.0. The molecule has 4 heteroatoms. The Bertz CT molecular complexity index is 476. The lowest BCUT2D eigenvalue weighted by Crippen LogP contribution is -2.38. The number of nitrogens with zero attached hydrogens (tertiary/aromatic N) is 1. The lowest BCUT2D eigenvalue weighted by Gasteiger charge is -2.24. The van der Waals surface area contributed by atoms with Crippen molar-refractivity contribution in [3.8, 4) is 5.75 Å². The number of likely N-dealkylation sites (N-methyl/N-ethyl adjacent to an activating group) is 1. The number of para-hydroxylation sites is 1. The number of hydrogen-bond acceptors (Lipinski definition) is 3. The number of nitrogens with two attached hydrogens (primary N) is 1. The first-order chi connectivity index (χ1) is 10.1. The maximum Gasteiger partial charge on any atom is 0.225 e. The highest BCUT2D eigenvalue weighted by molar-refractivity contribution is 5.79. The van der Waals surface area contributed by atoms with E-state index in [9.17, 15) is 4.79 Å². The van der Waals surface area contributed by atoms with Crippen LogP contribution in [0.2, 0.25) is 0 Å². The molecular formula is C17H26N2O2. The van der Waals surface area contributed by atoms with Gasteiger partial charge in [0.15, 0.2) is 0 Å². The lowest BCUT2D eigenvalue weighted by atomic mass is 9.95. The van der Waals surface area contributed by atoms with Gasteiger partial charge in [0.1, 0.15) is 12.4 Å². The molecule has 1 fully saturated rings. The van der Waals surface area contributed by atoms with E-state index in [0.29, 0.717) is 25.6 Å². The van der Waals surface area contributed by atoms with Crippen molar-refractivity contribution in [2.45, 2.75) is 26.2 Å². The summed E-state index contributed by atoms with van der Waals surface area (Å²) in [4.78, 5) is 14.2. The summed E-state index contributed by atoms with van der Waals surface area (Å²) >= 11 is 0. The summed E-state index contributed by atoms with van der Waals surface area (Å²) in [5.41, 5.74) is 6.88. The second-order valence-electron chi connectivity index (χ2n) is 5.91. The Morgan fingerprint density at radius 1 is 1.38 bits per heavy atom. The van der Waals surface area contributed by atoms with E-state index in [4.69, 9.17) is 10.5 Å². The SMILES string of the molecule is Cc1ccccc1OCCN(C)C(=O)C1CCCC1CN. The molecule has 2 atom stereocenters. The van der Waals surface area contributed by atoms with Crippen LogP contribution in [-0.2, 0) is 4.79 Å². The maximum absolute atomic E-state index is 12.4. The molecular weight excluding hydrogens is 264 g/mol. The van der Waals surface area contributed by atoms with Crippen LogP contribution in [0.4, 0.5) is 0 Å². The molecule has 1 aromatic rings. The molecule has 1 aliphatic rings. The Morgan fingerprint density at radius 3 is 2.86 bits per heavy atom. The zero-order chi connectivity index (χ0) is 15.2. The van der Waals surface area contributed by atoms with Gasteiger partial charge in [-0.15, -0.1) is 0 Å². The van der Waals surface area contributed by atoms with Crippen LogP contribution in [0.25, 0.3) is 0 Å². The molecule has 0 bridgehead atoms. The maximum atomic E-state index is 12.4. The van der Waals surface area contributed by atoms with E-state index < -0.39 is 0 Å². The quantitative estimate of drug-likeness (QED) is 0.874. The fraction of sp³-hybridized carbons (Fsp3) is 0.588. The number of hydrogen-bond donors (Lipinski definition) is 1. The largest absolute Gasteiger partial charge is 0.491 e. The van der Waals surface area contributed by atoms with Crippen molar-refractivity contribution in [3.63, 3.8) is 0 Å².